The standard InChI is InChI=1S/C16H24N4OS/c1-10(2)8-20-9-17-6-13(20)7-18-15(21)14-12(5)19-16(22-14)11(3)4/h6,9-11H,7-8H2,1-5H3,(H,18,21). The quantitative estimate of drug-likeness (QED) is 0.888. The molecule has 0 spiro atoms. The molecule has 0 saturated heterocycles. The molecule has 0 aliphatic carbocycles. The number of carbonyl (C=O) groups excluding carboxylic acids is 1. The molecule has 6 heteroatoms. The highest BCUT2D eigenvalue weighted by atomic mass is 32.1. The van der Waals surface area contributed by atoms with E-state index in [1.807, 2.05) is 19.4 Å². The number of amides is 1. The van der Waals surface area contributed by atoms with Crippen molar-refractivity contribution >= 4 is 17.2 Å². The summed E-state index contributed by atoms with van der Waals surface area (Å²) < 4.78 is 2.09. The highest BCUT2D eigenvalue weighted by Crippen LogP contribution is 2.24. The second-order valence-electron chi connectivity index (χ2n) is 6.24. The van der Waals surface area contributed by atoms with Crippen LogP contribution in [0.25, 0.3) is 0 Å². The van der Waals surface area contributed by atoms with E-state index in [0.717, 1.165) is 22.9 Å². The molecule has 0 atom stereocenters. The van der Waals surface area contributed by atoms with Crippen LogP contribution in [0.15, 0.2) is 12.5 Å². The maximum atomic E-state index is 12.4. The largest absolute Gasteiger partial charge is 0.346 e. The minimum Gasteiger partial charge on any atom is -0.346 e. The van der Waals surface area contributed by atoms with Crippen molar-refractivity contribution in [3.05, 3.63) is 33.8 Å². The van der Waals surface area contributed by atoms with Gasteiger partial charge in [-0.1, -0.05) is 27.7 Å². The molecule has 1 amide bonds. The third-order valence-electron chi connectivity index (χ3n) is 3.30. The molecule has 2 aromatic heterocycles. The summed E-state index contributed by atoms with van der Waals surface area (Å²) in [6.45, 7) is 11.8. The Bertz CT molecular complexity index is 642. The van der Waals surface area contributed by atoms with Gasteiger partial charge in [-0.25, -0.2) is 9.97 Å². The first kappa shape index (κ1) is 16.7. The van der Waals surface area contributed by atoms with Gasteiger partial charge in [0.2, 0.25) is 0 Å². The van der Waals surface area contributed by atoms with Gasteiger partial charge in [0.15, 0.2) is 0 Å². The maximum Gasteiger partial charge on any atom is 0.263 e. The average Bonchev–Trinajstić information content (AvgIpc) is 3.02. The van der Waals surface area contributed by atoms with Gasteiger partial charge in [-0.2, -0.15) is 0 Å². The summed E-state index contributed by atoms with van der Waals surface area (Å²) in [6, 6.07) is 0. The second-order valence-corrected chi connectivity index (χ2v) is 7.27. The maximum absolute atomic E-state index is 12.4. The van der Waals surface area contributed by atoms with Crippen LogP contribution in [0.2, 0.25) is 0 Å². The molecule has 0 aliphatic heterocycles. The Morgan fingerprint density at radius 1 is 1.36 bits per heavy atom. The molecule has 0 aliphatic rings. The lowest BCUT2D eigenvalue weighted by atomic mass is 10.2. The molecule has 2 heterocycles. The Hall–Kier alpha value is -1.69. The van der Waals surface area contributed by atoms with Gasteiger partial charge in [-0.05, 0) is 12.8 Å². The first-order valence-electron chi connectivity index (χ1n) is 7.63. The van der Waals surface area contributed by atoms with Crippen LogP contribution < -0.4 is 5.32 Å². The molecule has 22 heavy (non-hydrogen) atoms. The SMILES string of the molecule is Cc1nc(C(C)C)sc1C(=O)NCc1cncn1CC(C)C. The minimum absolute atomic E-state index is 0.0563. The van der Waals surface area contributed by atoms with Crippen molar-refractivity contribution in [2.24, 2.45) is 5.92 Å². The molecule has 0 unspecified atom stereocenters. The van der Waals surface area contributed by atoms with E-state index in [-0.39, 0.29) is 5.91 Å². The zero-order valence-corrected chi connectivity index (χ0v) is 14.7. The third kappa shape index (κ3) is 3.94. The molecule has 1 N–H and O–H groups in total. The van der Waals surface area contributed by atoms with Crippen LogP contribution in [0, 0.1) is 12.8 Å². The number of thiazole rings is 1. The Morgan fingerprint density at radius 2 is 2.09 bits per heavy atom. The van der Waals surface area contributed by atoms with Crippen LogP contribution in [0.3, 0.4) is 0 Å². The van der Waals surface area contributed by atoms with E-state index >= 15 is 0 Å². The molecule has 0 aromatic carbocycles. The van der Waals surface area contributed by atoms with E-state index in [0.29, 0.717) is 23.3 Å². The van der Waals surface area contributed by atoms with Gasteiger partial charge in [-0.3, -0.25) is 4.79 Å². The van der Waals surface area contributed by atoms with Crippen molar-refractivity contribution in [2.75, 3.05) is 0 Å². The molecular formula is C16H24N4OS. The van der Waals surface area contributed by atoms with Crippen molar-refractivity contribution in [3.8, 4) is 0 Å². The van der Waals surface area contributed by atoms with Crippen molar-refractivity contribution in [2.45, 2.75) is 53.6 Å². The van der Waals surface area contributed by atoms with Crippen molar-refractivity contribution in [1.82, 2.24) is 19.9 Å². The number of nitrogens with one attached hydrogen (secondary N) is 1. The third-order valence-corrected chi connectivity index (χ3v) is 4.76. The van der Waals surface area contributed by atoms with Gasteiger partial charge >= 0.3 is 0 Å². The summed E-state index contributed by atoms with van der Waals surface area (Å²) in [5.41, 5.74) is 1.83. The van der Waals surface area contributed by atoms with Crippen molar-refractivity contribution < 1.29 is 4.79 Å². The van der Waals surface area contributed by atoms with Crippen LogP contribution in [-0.2, 0) is 13.1 Å². The van der Waals surface area contributed by atoms with Crippen LogP contribution in [0.4, 0.5) is 0 Å². The Balaban J connectivity index is 2.03. The first-order valence-corrected chi connectivity index (χ1v) is 8.44. The zero-order valence-electron chi connectivity index (χ0n) is 13.9. The van der Waals surface area contributed by atoms with Gasteiger partial charge in [0, 0.05) is 18.7 Å². The fraction of sp³-hybridized carbons (Fsp3) is 0.562. The number of imidazole rings is 1. The van der Waals surface area contributed by atoms with Crippen LogP contribution >= 0.6 is 11.3 Å². The molecule has 120 valence electrons. The van der Waals surface area contributed by atoms with E-state index in [9.17, 15) is 4.79 Å². The predicted molar refractivity (Wildman–Crippen MR) is 89.2 cm³/mol. The zero-order chi connectivity index (χ0) is 16.3. The summed E-state index contributed by atoms with van der Waals surface area (Å²) in [5, 5.41) is 3.99. The van der Waals surface area contributed by atoms with E-state index in [1.54, 1.807) is 0 Å². The van der Waals surface area contributed by atoms with Gasteiger partial charge < -0.3 is 9.88 Å². The monoisotopic (exact) mass is 320 g/mol. The highest BCUT2D eigenvalue weighted by molar-refractivity contribution is 7.13. The van der Waals surface area contributed by atoms with Crippen molar-refractivity contribution in [3.63, 3.8) is 0 Å². The van der Waals surface area contributed by atoms with E-state index in [2.05, 4.69) is 47.5 Å². The van der Waals surface area contributed by atoms with E-state index in [1.165, 1.54) is 11.3 Å². The number of nitrogens with zero attached hydrogens (tertiary/aromatic N) is 3. The fourth-order valence-electron chi connectivity index (χ4n) is 2.18. The fourth-order valence-corrected chi connectivity index (χ4v) is 3.16. The average molecular weight is 320 g/mol. The van der Waals surface area contributed by atoms with Crippen molar-refractivity contribution in [1.29, 1.82) is 0 Å². The molecular weight excluding hydrogens is 296 g/mol. The molecule has 0 saturated carbocycles. The summed E-state index contributed by atoms with van der Waals surface area (Å²) >= 11 is 1.48. The van der Waals surface area contributed by atoms with Crippen LogP contribution in [0.1, 0.15) is 59.7 Å². The number of aryl methyl sites for hydroxylation is 1. The topological polar surface area (TPSA) is 59.8 Å². The summed E-state index contributed by atoms with van der Waals surface area (Å²) in [4.78, 5) is 21.7. The predicted octanol–water partition coefficient (Wildman–Crippen LogP) is 3.36. The Kier molecular flexibility index (Phi) is 5.34. The molecule has 0 bridgehead atoms. The molecule has 5 nitrogen and oxygen atoms in total. The number of hydrogen-bond donors (Lipinski definition) is 1. The normalized spacial score (nSPS) is 11.4. The smallest absolute Gasteiger partial charge is 0.263 e. The van der Waals surface area contributed by atoms with Gasteiger partial charge in [0.1, 0.15) is 4.88 Å². The van der Waals surface area contributed by atoms with E-state index in [4.69, 9.17) is 0 Å². The van der Waals surface area contributed by atoms with Gasteiger partial charge in [0.25, 0.3) is 5.91 Å². The lowest BCUT2D eigenvalue weighted by Gasteiger charge is -2.11. The summed E-state index contributed by atoms with van der Waals surface area (Å²) in [5.74, 6) is 0.831. The second kappa shape index (κ2) is 7.05. The number of rotatable bonds is 6. The lowest BCUT2D eigenvalue weighted by Crippen LogP contribution is -2.24. The number of carbonyl (C=O) groups is 1. The Morgan fingerprint density at radius 3 is 2.68 bits per heavy atom. The summed E-state index contributed by atoms with van der Waals surface area (Å²) in [6.07, 6.45) is 3.62. The first-order chi connectivity index (χ1) is 10.4. The highest BCUT2D eigenvalue weighted by Gasteiger charge is 2.17. The van der Waals surface area contributed by atoms with Crippen LogP contribution in [0.5, 0.6) is 0 Å². The van der Waals surface area contributed by atoms with Gasteiger partial charge in [0.05, 0.1) is 29.3 Å². The van der Waals surface area contributed by atoms with Gasteiger partial charge in [-0.15, -0.1) is 11.3 Å². The molecule has 0 fully saturated rings. The number of hydrogen-bond acceptors (Lipinski definition) is 4. The Labute approximate surface area is 135 Å². The van der Waals surface area contributed by atoms with Crippen LogP contribution in [-0.4, -0.2) is 20.4 Å². The lowest BCUT2D eigenvalue weighted by molar-refractivity contribution is 0.0953. The summed E-state index contributed by atoms with van der Waals surface area (Å²) in [7, 11) is 0. The minimum atomic E-state index is -0.0563. The van der Waals surface area contributed by atoms with E-state index < -0.39 is 0 Å². The molecule has 2 aromatic rings. The molecule has 2 rings (SSSR count). The number of aromatic nitrogens is 3. The molecule has 0 radical (unpaired) electrons.